The summed E-state index contributed by atoms with van der Waals surface area (Å²) in [5.41, 5.74) is 1.69. The molecule has 0 atom stereocenters. The van der Waals surface area contributed by atoms with E-state index in [1.165, 1.54) is 16.8 Å². The molecule has 1 aliphatic heterocycles. The number of aromatic nitrogens is 5. The molecule has 1 N–H and O–H groups in total. The number of rotatable bonds is 6. The van der Waals surface area contributed by atoms with Gasteiger partial charge in [0.1, 0.15) is 11.6 Å². The zero-order valence-corrected chi connectivity index (χ0v) is 21.1. The average Bonchev–Trinajstić information content (AvgIpc) is 3.14. The monoisotopic (exact) mass is 506 g/mol. The summed E-state index contributed by atoms with van der Waals surface area (Å²) in [6, 6.07) is 6.69. The van der Waals surface area contributed by atoms with E-state index in [-0.39, 0.29) is 15.5 Å². The highest BCUT2D eigenvalue weighted by Crippen LogP contribution is 2.31. The first-order valence-corrected chi connectivity index (χ1v) is 12.1. The first-order chi connectivity index (χ1) is 16.2. The van der Waals surface area contributed by atoms with Gasteiger partial charge in [0.2, 0.25) is 5.95 Å². The second-order valence-corrected chi connectivity index (χ2v) is 10.4. The molecule has 0 unspecified atom stereocenters. The van der Waals surface area contributed by atoms with Crippen LogP contribution in [0.1, 0.15) is 32.8 Å². The van der Waals surface area contributed by atoms with Gasteiger partial charge in [-0.25, -0.2) is 9.37 Å². The van der Waals surface area contributed by atoms with Crippen LogP contribution in [-0.2, 0) is 6.54 Å². The Morgan fingerprint density at radius 3 is 2.68 bits per heavy atom. The van der Waals surface area contributed by atoms with Crippen molar-refractivity contribution in [2.45, 2.75) is 33.7 Å². The molecule has 0 saturated carbocycles. The SMILES string of the molecule is CC(C)(C)CN1CCCN(c2ncccc2CNc2nnnn2-c2ccc(F)c(Cl)c2Cl)CC1. The second-order valence-electron chi connectivity index (χ2n) is 9.63. The highest BCUT2D eigenvalue weighted by molar-refractivity contribution is 6.43. The number of hydrogen-bond acceptors (Lipinski definition) is 7. The van der Waals surface area contributed by atoms with Crippen molar-refractivity contribution < 1.29 is 4.39 Å². The van der Waals surface area contributed by atoms with Crippen LogP contribution in [0.5, 0.6) is 0 Å². The quantitative estimate of drug-likeness (QED) is 0.486. The van der Waals surface area contributed by atoms with E-state index in [0.29, 0.717) is 18.2 Å². The summed E-state index contributed by atoms with van der Waals surface area (Å²) < 4.78 is 15.1. The number of hydrogen-bond donors (Lipinski definition) is 1. The lowest BCUT2D eigenvalue weighted by Crippen LogP contribution is -2.36. The van der Waals surface area contributed by atoms with E-state index < -0.39 is 5.82 Å². The van der Waals surface area contributed by atoms with E-state index in [0.717, 1.165) is 50.5 Å². The van der Waals surface area contributed by atoms with Gasteiger partial charge in [0, 0.05) is 44.5 Å². The van der Waals surface area contributed by atoms with Crippen LogP contribution in [0.15, 0.2) is 30.5 Å². The van der Waals surface area contributed by atoms with Crippen molar-refractivity contribution in [1.82, 2.24) is 30.1 Å². The molecule has 8 nitrogen and oxygen atoms in total. The van der Waals surface area contributed by atoms with Crippen molar-refractivity contribution in [1.29, 1.82) is 0 Å². The fourth-order valence-corrected chi connectivity index (χ4v) is 4.57. The van der Waals surface area contributed by atoms with E-state index in [1.54, 1.807) is 0 Å². The normalized spacial score (nSPS) is 15.4. The van der Waals surface area contributed by atoms with E-state index in [9.17, 15) is 4.39 Å². The molecule has 3 heterocycles. The Labute approximate surface area is 209 Å². The van der Waals surface area contributed by atoms with Crippen molar-refractivity contribution in [3.63, 3.8) is 0 Å². The van der Waals surface area contributed by atoms with E-state index >= 15 is 0 Å². The summed E-state index contributed by atoms with van der Waals surface area (Å²) in [6.07, 6.45) is 2.91. The van der Waals surface area contributed by atoms with Crippen LogP contribution < -0.4 is 10.2 Å². The molecule has 0 radical (unpaired) electrons. The van der Waals surface area contributed by atoms with Gasteiger partial charge >= 0.3 is 0 Å². The maximum absolute atomic E-state index is 13.7. The maximum Gasteiger partial charge on any atom is 0.248 e. The summed E-state index contributed by atoms with van der Waals surface area (Å²) in [6.45, 7) is 12.3. The Morgan fingerprint density at radius 1 is 1.06 bits per heavy atom. The van der Waals surface area contributed by atoms with Crippen molar-refractivity contribution in [2.24, 2.45) is 5.41 Å². The standard InChI is InChI=1S/C23H29Cl2FN8/c1-23(2,3)15-32-10-5-11-33(13-12-32)21-16(6-4-9-27-21)14-28-22-29-30-31-34(22)18-8-7-17(26)19(24)20(18)25/h4,6-9H,5,10-15H2,1-3H3,(H,28,29,31). The molecule has 4 rings (SSSR count). The number of pyridine rings is 1. The van der Waals surface area contributed by atoms with Crippen LogP contribution in [-0.4, -0.2) is 62.8 Å². The fraction of sp³-hybridized carbons (Fsp3) is 0.478. The Bertz CT molecular complexity index is 1130. The number of nitrogens with one attached hydrogen (secondary N) is 1. The number of tetrazole rings is 1. The smallest absolute Gasteiger partial charge is 0.248 e. The van der Waals surface area contributed by atoms with Crippen LogP contribution in [0.3, 0.4) is 0 Å². The summed E-state index contributed by atoms with van der Waals surface area (Å²) in [5, 5.41) is 14.9. The third kappa shape index (κ3) is 5.76. The molecule has 1 saturated heterocycles. The highest BCUT2D eigenvalue weighted by Gasteiger charge is 2.22. The number of benzene rings is 1. The molecule has 0 aliphatic carbocycles. The van der Waals surface area contributed by atoms with Crippen molar-refractivity contribution in [3.8, 4) is 5.69 Å². The van der Waals surface area contributed by atoms with Crippen LogP contribution >= 0.6 is 23.2 Å². The van der Waals surface area contributed by atoms with Crippen molar-refractivity contribution >= 4 is 35.0 Å². The fourth-order valence-electron chi connectivity index (χ4n) is 4.18. The van der Waals surface area contributed by atoms with Crippen molar-refractivity contribution in [3.05, 3.63) is 51.9 Å². The van der Waals surface area contributed by atoms with Crippen LogP contribution in [0.4, 0.5) is 16.2 Å². The summed E-state index contributed by atoms with van der Waals surface area (Å²) >= 11 is 12.2. The Morgan fingerprint density at radius 2 is 1.88 bits per heavy atom. The molecule has 3 aromatic rings. The largest absolute Gasteiger partial charge is 0.355 e. The molecular weight excluding hydrogens is 478 g/mol. The van der Waals surface area contributed by atoms with Gasteiger partial charge in [0.15, 0.2) is 0 Å². The molecule has 182 valence electrons. The molecule has 34 heavy (non-hydrogen) atoms. The predicted octanol–water partition coefficient (Wildman–Crippen LogP) is 4.67. The molecule has 1 aliphatic rings. The first-order valence-electron chi connectivity index (χ1n) is 11.3. The summed E-state index contributed by atoms with van der Waals surface area (Å²) in [7, 11) is 0. The van der Waals surface area contributed by atoms with Gasteiger partial charge in [-0.15, -0.1) is 0 Å². The molecule has 1 aromatic carbocycles. The van der Waals surface area contributed by atoms with Gasteiger partial charge < -0.3 is 15.1 Å². The molecule has 11 heteroatoms. The molecule has 0 spiro atoms. The van der Waals surface area contributed by atoms with Gasteiger partial charge in [-0.05, 0) is 47.0 Å². The van der Waals surface area contributed by atoms with Gasteiger partial charge in [0.05, 0.1) is 15.7 Å². The lowest BCUT2D eigenvalue weighted by atomic mass is 9.96. The average molecular weight is 507 g/mol. The molecule has 0 bridgehead atoms. The topological polar surface area (TPSA) is 75.0 Å². The van der Waals surface area contributed by atoms with Crippen LogP contribution in [0, 0.1) is 11.2 Å². The van der Waals surface area contributed by atoms with Gasteiger partial charge in [-0.1, -0.05) is 55.1 Å². The molecule has 1 fully saturated rings. The minimum absolute atomic E-state index is 0.0449. The second kappa shape index (κ2) is 10.4. The van der Waals surface area contributed by atoms with Gasteiger partial charge in [-0.3, -0.25) is 0 Å². The number of nitrogens with zero attached hydrogens (tertiary/aromatic N) is 7. The van der Waals surface area contributed by atoms with E-state index in [1.807, 2.05) is 18.3 Å². The van der Waals surface area contributed by atoms with E-state index in [2.05, 4.69) is 56.4 Å². The van der Waals surface area contributed by atoms with Gasteiger partial charge in [0.25, 0.3) is 0 Å². The Hall–Kier alpha value is -2.49. The number of anilines is 2. The highest BCUT2D eigenvalue weighted by atomic mass is 35.5. The Kier molecular flexibility index (Phi) is 7.54. The summed E-state index contributed by atoms with van der Waals surface area (Å²) in [5.74, 6) is 0.720. The zero-order valence-electron chi connectivity index (χ0n) is 19.6. The maximum atomic E-state index is 13.7. The minimum Gasteiger partial charge on any atom is -0.355 e. The van der Waals surface area contributed by atoms with E-state index in [4.69, 9.17) is 23.2 Å². The lowest BCUT2D eigenvalue weighted by Gasteiger charge is -2.29. The first kappa shape index (κ1) is 24.6. The summed E-state index contributed by atoms with van der Waals surface area (Å²) in [4.78, 5) is 9.57. The van der Waals surface area contributed by atoms with Gasteiger partial charge in [-0.2, -0.15) is 4.68 Å². The molecule has 0 amide bonds. The Balaban J connectivity index is 1.49. The third-order valence-corrected chi connectivity index (χ3v) is 6.45. The zero-order chi connectivity index (χ0) is 24.3. The number of halogens is 3. The molecular formula is C23H29Cl2FN8. The van der Waals surface area contributed by atoms with Crippen LogP contribution in [0.25, 0.3) is 5.69 Å². The minimum atomic E-state index is -0.600. The molecule has 2 aromatic heterocycles. The van der Waals surface area contributed by atoms with Crippen LogP contribution in [0.2, 0.25) is 10.0 Å². The van der Waals surface area contributed by atoms with Crippen molar-refractivity contribution in [2.75, 3.05) is 42.9 Å². The lowest BCUT2D eigenvalue weighted by molar-refractivity contribution is 0.202. The predicted molar refractivity (Wildman–Crippen MR) is 133 cm³/mol. The third-order valence-electron chi connectivity index (χ3n) is 5.60.